The van der Waals surface area contributed by atoms with E-state index in [-0.39, 0.29) is 5.88 Å². The fourth-order valence-electron chi connectivity index (χ4n) is 1.59. The molecule has 0 radical (unpaired) electrons. The highest BCUT2D eigenvalue weighted by Crippen LogP contribution is 2.39. The smallest absolute Gasteiger partial charge is 0.230 e. The number of pyridine rings is 1. The number of ether oxygens (including phenoxy) is 3. The number of carbonyl (C=O) groups is 1. The summed E-state index contributed by atoms with van der Waals surface area (Å²) in [5.74, 6) is 1.60. The second-order valence-electron chi connectivity index (χ2n) is 3.61. The van der Waals surface area contributed by atoms with E-state index in [0.29, 0.717) is 29.1 Å². The van der Waals surface area contributed by atoms with E-state index in [9.17, 15) is 4.79 Å². The Labute approximate surface area is 110 Å². The molecular weight excluding hydrogens is 246 g/mol. The van der Waals surface area contributed by atoms with Crippen molar-refractivity contribution in [3.05, 3.63) is 42.1 Å². The minimum atomic E-state index is 0.209. The summed E-state index contributed by atoms with van der Waals surface area (Å²) < 4.78 is 16.1. The van der Waals surface area contributed by atoms with Crippen molar-refractivity contribution >= 4 is 6.29 Å². The Bertz CT molecular complexity index is 561. The molecule has 0 bridgehead atoms. The lowest BCUT2D eigenvalue weighted by molar-refractivity contribution is 0.112. The molecule has 0 saturated carbocycles. The van der Waals surface area contributed by atoms with Gasteiger partial charge < -0.3 is 14.2 Å². The van der Waals surface area contributed by atoms with Crippen LogP contribution in [0, 0.1) is 0 Å². The van der Waals surface area contributed by atoms with Gasteiger partial charge in [0, 0.05) is 6.20 Å². The second kappa shape index (κ2) is 5.86. The predicted molar refractivity (Wildman–Crippen MR) is 69.2 cm³/mol. The molecule has 0 fully saturated rings. The molecule has 5 heteroatoms. The van der Waals surface area contributed by atoms with Crippen LogP contribution in [-0.4, -0.2) is 25.5 Å². The van der Waals surface area contributed by atoms with Gasteiger partial charge >= 0.3 is 0 Å². The van der Waals surface area contributed by atoms with Crippen molar-refractivity contribution < 1.29 is 19.0 Å². The summed E-state index contributed by atoms with van der Waals surface area (Å²) in [7, 11) is 3.06. The summed E-state index contributed by atoms with van der Waals surface area (Å²) in [5, 5.41) is 0. The molecule has 0 amide bonds. The number of rotatable bonds is 5. The second-order valence-corrected chi connectivity index (χ2v) is 3.61. The standard InChI is InChI=1S/C14H13NO4/c1-17-11-6-3-7-12(18-2)13(11)19-14-10(9-16)5-4-8-15-14/h3-9H,1-2H3. The van der Waals surface area contributed by atoms with Crippen LogP contribution in [0.3, 0.4) is 0 Å². The molecule has 2 rings (SSSR count). The third-order valence-corrected chi connectivity index (χ3v) is 2.51. The molecule has 98 valence electrons. The van der Waals surface area contributed by atoms with Crippen molar-refractivity contribution in [2.45, 2.75) is 0 Å². The van der Waals surface area contributed by atoms with Gasteiger partial charge in [-0.05, 0) is 24.3 Å². The Morgan fingerprint density at radius 3 is 2.32 bits per heavy atom. The number of aromatic nitrogens is 1. The van der Waals surface area contributed by atoms with Crippen LogP contribution in [0.15, 0.2) is 36.5 Å². The third kappa shape index (κ3) is 2.65. The summed E-state index contributed by atoms with van der Waals surface area (Å²) >= 11 is 0. The van der Waals surface area contributed by atoms with Crippen LogP contribution in [0.5, 0.6) is 23.1 Å². The Morgan fingerprint density at radius 1 is 1.05 bits per heavy atom. The molecular formula is C14H13NO4. The fourth-order valence-corrected chi connectivity index (χ4v) is 1.59. The fraction of sp³-hybridized carbons (Fsp3) is 0.143. The maximum absolute atomic E-state index is 10.9. The molecule has 0 aliphatic carbocycles. The van der Waals surface area contributed by atoms with Gasteiger partial charge in [0.1, 0.15) is 0 Å². The molecule has 0 atom stereocenters. The molecule has 0 spiro atoms. The lowest BCUT2D eigenvalue weighted by atomic mass is 10.2. The number of methoxy groups -OCH3 is 2. The van der Waals surface area contributed by atoms with Crippen LogP contribution in [-0.2, 0) is 0 Å². The van der Waals surface area contributed by atoms with Crippen molar-refractivity contribution in [1.29, 1.82) is 0 Å². The molecule has 1 aromatic carbocycles. The molecule has 0 unspecified atom stereocenters. The molecule has 0 aliphatic rings. The van der Waals surface area contributed by atoms with Gasteiger partial charge in [0.05, 0.1) is 19.8 Å². The highest BCUT2D eigenvalue weighted by atomic mass is 16.5. The number of nitrogens with zero attached hydrogens (tertiary/aromatic N) is 1. The number of carbonyl (C=O) groups excluding carboxylic acids is 1. The van der Waals surface area contributed by atoms with Crippen LogP contribution in [0.25, 0.3) is 0 Å². The van der Waals surface area contributed by atoms with Crippen molar-refractivity contribution in [1.82, 2.24) is 4.98 Å². The number of benzene rings is 1. The highest BCUT2D eigenvalue weighted by Gasteiger charge is 2.14. The maximum atomic E-state index is 10.9. The summed E-state index contributed by atoms with van der Waals surface area (Å²) in [4.78, 5) is 15.0. The normalized spacial score (nSPS) is 9.79. The highest BCUT2D eigenvalue weighted by molar-refractivity contribution is 5.78. The van der Waals surface area contributed by atoms with E-state index in [4.69, 9.17) is 14.2 Å². The Kier molecular flexibility index (Phi) is 3.97. The first-order valence-electron chi connectivity index (χ1n) is 5.59. The Balaban J connectivity index is 2.45. The van der Waals surface area contributed by atoms with E-state index < -0.39 is 0 Å². The summed E-state index contributed by atoms with van der Waals surface area (Å²) in [6.45, 7) is 0. The molecule has 0 aliphatic heterocycles. The van der Waals surface area contributed by atoms with E-state index in [1.165, 1.54) is 14.2 Å². The van der Waals surface area contributed by atoms with Crippen LogP contribution in [0.2, 0.25) is 0 Å². The summed E-state index contributed by atoms with van der Waals surface area (Å²) in [5.41, 5.74) is 0.357. The molecule has 2 aromatic rings. The van der Waals surface area contributed by atoms with E-state index in [0.717, 1.165) is 0 Å². The Morgan fingerprint density at radius 2 is 1.74 bits per heavy atom. The molecule has 1 aromatic heterocycles. The van der Waals surface area contributed by atoms with Crippen LogP contribution < -0.4 is 14.2 Å². The van der Waals surface area contributed by atoms with E-state index in [2.05, 4.69) is 4.98 Å². The lowest BCUT2D eigenvalue weighted by Gasteiger charge is -2.13. The molecule has 0 N–H and O–H groups in total. The first kappa shape index (κ1) is 12.9. The number of hydrogen-bond donors (Lipinski definition) is 0. The summed E-state index contributed by atoms with van der Waals surface area (Å²) in [6.07, 6.45) is 2.23. The van der Waals surface area contributed by atoms with Gasteiger partial charge in [-0.1, -0.05) is 6.07 Å². The van der Waals surface area contributed by atoms with Gasteiger partial charge in [0.15, 0.2) is 17.8 Å². The van der Waals surface area contributed by atoms with Crippen LogP contribution in [0.4, 0.5) is 0 Å². The molecule has 19 heavy (non-hydrogen) atoms. The number of para-hydroxylation sites is 1. The molecule has 0 saturated heterocycles. The van der Waals surface area contributed by atoms with Gasteiger partial charge in [-0.3, -0.25) is 4.79 Å². The quantitative estimate of drug-likeness (QED) is 0.773. The third-order valence-electron chi connectivity index (χ3n) is 2.51. The van der Waals surface area contributed by atoms with E-state index in [1.54, 1.807) is 36.5 Å². The van der Waals surface area contributed by atoms with Crippen molar-refractivity contribution in [3.8, 4) is 23.1 Å². The average molecular weight is 259 g/mol. The van der Waals surface area contributed by atoms with E-state index in [1.807, 2.05) is 0 Å². The summed E-state index contributed by atoms with van der Waals surface area (Å²) in [6, 6.07) is 8.54. The number of hydrogen-bond acceptors (Lipinski definition) is 5. The maximum Gasteiger partial charge on any atom is 0.230 e. The van der Waals surface area contributed by atoms with E-state index >= 15 is 0 Å². The first-order valence-corrected chi connectivity index (χ1v) is 5.59. The minimum Gasteiger partial charge on any atom is -0.493 e. The molecule has 5 nitrogen and oxygen atoms in total. The predicted octanol–water partition coefficient (Wildman–Crippen LogP) is 2.70. The topological polar surface area (TPSA) is 57.6 Å². The Hall–Kier alpha value is -2.56. The van der Waals surface area contributed by atoms with Gasteiger partial charge in [0.25, 0.3) is 0 Å². The first-order chi connectivity index (χ1) is 9.30. The van der Waals surface area contributed by atoms with Gasteiger partial charge in [0.2, 0.25) is 11.6 Å². The zero-order valence-corrected chi connectivity index (χ0v) is 10.6. The minimum absolute atomic E-state index is 0.209. The van der Waals surface area contributed by atoms with Gasteiger partial charge in [-0.2, -0.15) is 0 Å². The monoisotopic (exact) mass is 259 g/mol. The van der Waals surface area contributed by atoms with Crippen molar-refractivity contribution in [2.24, 2.45) is 0 Å². The zero-order valence-electron chi connectivity index (χ0n) is 10.6. The lowest BCUT2D eigenvalue weighted by Crippen LogP contribution is -1.98. The average Bonchev–Trinajstić information content (AvgIpc) is 2.48. The van der Waals surface area contributed by atoms with Crippen molar-refractivity contribution in [2.75, 3.05) is 14.2 Å². The molecule has 1 heterocycles. The largest absolute Gasteiger partial charge is 0.493 e. The zero-order chi connectivity index (χ0) is 13.7. The van der Waals surface area contributed by atoms with Gasteiger partial charge in [-0.15, -0.1) is 0 Å². The van der Waals surface area contributed by atoms with Crippen LogP contribution >= 0.6 is 0 Å². The van der Waals surface area contributed by atoms with Gasteiger partial charge in [-0.25, -0.2) is 4.98 Å². The van der Waals surface area contributed by atoms with Crippen molar-refractivity contribution in [3.63, 3.8) is 0 Å². The number of aldehydes is 1. The SMILES string of the molecule is COc1cccc(OC)c1Oc1ncccc1C=O. The van der Waals surface area contributed by atoms with Crippen LogP contribution in [0.1, 0.15) is 10.4 Å².